The summed E-state index contributed by atoms with van der Waals surface area (Å²) in [5.74, 6) is 0.872. The molecule has 0 aliphatic carbocycles. The Bertz CT molecular complexity index is 1180. The molecule has 37 heavy (non-hydrogen) atoms. The number of unbranched alkanes of at least 4 members (excludes halogenated alkanes) is 1. The Labute approximate surface area is 225 Å². The highest BCUT2D eigenvalue weighted by Crippen LogP contribution is 2.36. The summed E-state index contributed by atoms with van der Waals surface area (Å²) in [6.07, 6.45) is 16.6. The maximum atomic E-state index is 5.97. The van der Waals surface area contributed by atoms with E-state index >= 15 is 0 Å². The second-order valence-corrected chi connectivity index (χ2v) is 9.46. The quantitative estimate of drug-likeness (QED) is 0.159. The summed E-state index contributed by atoms with van der Waals surface area (Å²) in [4.78, 5) is 9.87. The molecule has 0 saturated heterocycles. The zero-order chi connectivity index (χ0) is 27.4. The highest BCUT2D eigenvalue weighted by molar-refractivity contribution is 5.95. The maximum Gasteiger partial charge on any atom is 0.102 e. The number of nitrogens with one attached hydrogen (secondary N) is 1. The topological polar surface area (TPSA) is 51.4 Å². The van der Waals surface area contributed by atoms with E-state index < -0.39 is 0 Å². The Morgan fingerprint density at radius 3 is 2.54 bits per heavy atom. The fourth-order valence-corrected chi connectivity index (χ4v) is 4.65. The molecule has 0 fully saturated rings. The number of fused-ring (bicyclic) bond motifs is 1. The third-order valence-electron chi connectivity index (χ3n) is 6.35. The van der Waals surface area contributed by atoms with E-state index in [1.54, 1.807) is 0 Å². The van der Waals surface area contributed by atoms with Gasteiger partial charge in [-0.3, -0.25) is 4.99 Å². The summed E-state index contributed by atoms with van der Waals surface area (Å²) in [6.45, 7) is 20.5. The summed E-state index contributed by atoms with van der Waals surface area (Å²) in [5, 5.41) is 3.74. The average molecular weight is 505 g/mol. The van der Waals surface area contributed by atoms with Crippen molar-refractivity contribution in [2.24, 2.45) is 4.99 Å². The first kappa shape index (κ1) is 30.1. The smallest absolute Gasteiger partial charge is 0.102 e. The minimum Gasteiger partial charge on any atom is -0.498 e. The van der Waals surface area contributed by atoms with Gasteiger partial charge >= 0.3 is 0 Å². The predicted octanol–water partition coefficient (Wildman–Crippen LogP) is 8.96. The number of aromatic nitrogens is 2. The summed E-state index contributed by atoms with van der Waals surface area (Å²) in [6, 6.07) is 2.50. The third-order valence-corrected chi connectivity index (χ3v) is 6.35. The molecule has 0 aromatic carbocycles. The van der Waals surface area contributed by atoms with Crippen LogP contribution in [0.5, 0.6) is 0 Å². The highest BCUT2D eigenvalue weighted by Gasteiger charge is 2.21. The van der Waals surface area contributed by atoms with Crippen molar-refractivity contribution in [3.05, 3.63) is 64.9 Å². The van der Waals surface area contributed by atoms with Gasteiger partial charge < -0.3 is 14.6 Å². The minimum atomic E-state index is 0.322. The highest BCUT2D eigenvalue weighted by atomic mass is 16.5. The normalized spacial score (nSPS) is 13.6. The molecule has 5 heteroatoms. The Morgan fingerprint density at radius 2 is 1.95 bits per heavy atom. The van der Waals surface area contributed by atoms with Crippen molar-refractivity contribution in [2.45, 2.75) is 94.0 Å². The van der Waals surface area contributed by atoms with Gasteiger partial charge in [-0.15, -0.1) is 0 Å². The van der Waals surface area contributed by atoms with Crippen LogP contribution in [0.15, 0.2) is 52.9 Å². The number of ether oxygens (including phenoxy) is 1. The van der Waals surface area contributed by atoms with Crippen LogP contribution in [0.3, 0.4) is 0 Å². The van der Waals surface area contributed by atoms with Crippen LogP contribution < -0.4 is 5.32 Å². The lowest BCUT2D eigenvalue weighted by Crippen LogP contribution is -2.10. The lowest BCUT2D eigenvalue weighted by molar-refractivity contribution is 0.233. The lowest BCUT2D eigenvalue weighted by Gasteiger charge is -2.18. The number of aliphatic imine (C=N–C) groups is 1. The minimum absolute atomic E-state index is 0.322. The fraction of sp³-hybridized carbons (Fsp3) is 0.500. The molecule has 2 rings (SSSR count). The Hall–Kier alpha value is -3.08. The number of hydrogen-bond acceptors (Lipinski definition) is 4. The Balaban J connectivity index is 2.81. The van der Waals surface area contributed by atoms with Crippen LogP contribution in [0, 0.1) is 6.92 Å². The monoisotopic (exact) mass is 504 g/mol. The van der Waals surface area contributed by atoms with Gasteiger partial charge in [0.05, 0.1) is 41.3 Å². The fourth-order valence-electron chi connectivity index (χ4n) is 4.65. The molecular formula is C32H48N4O. The first-order valence-corrected chi connectivity index (χ1v) is 14.0. The van der Waals surface area contributed by atoms with Gasteiger partial charge in [0.25, 0.3) is 0 Å². The molecule has 0 atom stereocenters. The number of hydrogen-bond donors (Lipinski definition) is 1. The Morgan fingerprint density at radius 1 is 1.19 bits per heavy atom. The summed E-state index contributed by atoms with van der Waals surface area (Å²) < 4.78 is 8.42. The SMILES string of the molecule is C/C=N\C(=C/CCC)CNc1cc(C(/C=C\C=C\CC)=C(/C)OCC)nc2c(C)c(CC)n(C(C)C)c12. The van der Waals surface area contributed by atoms with E-state index in [2.05, 4.69) is 92.9 Å². The molecule has 0 saturated carbocycles. The van der Waals surface area contributed by atoms with Crippen molar-refractivity contribution in [3.8, 4) is 0 Å². The summed E-state index contributed by atoms with van der Waals surface area (Å²) in [5.41, 5.74) is 8.81. The molecule has 0 aliphatic heterocycles. The molecule has 0 unspecified atom stereocenters. The zero-order valence-electron chi connectivity index (χ0n) is 24.6. The molecule has 0 radical (unpaired) electrons. The zero-order valence-corrected chi connectivity index (χ0v) is 24.6. The molecule has 2 aromatic heterocycles. The molecule has 5 nitrogen and oxygen atoms in total. The number of aryl methyl sites for hydroxylation is 1. The van der Waals surface area contributed by atoms with Crippen molar-refractivity contribution in [2.75, 3.05) is 18.5 Å². The van der Waals surface area contributed by atoms with Crippen LogP contribution in [0.4, 0.5) is 5.69 Å². The first-order chi connectivity index (χ1) is 17.8. The summed E-state index contributed by atoms with van der Waals surface area (Å²) in [7, 11) is 0. The molecular weight excluding hydrogens is 456 g/mol. The number of allylic oxidation sites excluding steroid dienone is 7. The van der Waals surface area contributed by atoms with E-state index in [4.69, 9.17) is 9.72 Å². The molecule has 2 aromatic rings. The van der Waals surface area contributed by atoms with E-state index in [1.165, 1.54) is 11.3 Å². The van der Waals surface area contributed by atoms with Gasteiger partial charge in [-0.1, -0.05) is 51.5 Å². The van der Waals surface area contributed by atoms with Gasteiger partial charge in [-0.05, 0) is 78.5 Å². The van der Waals surface area contributed by atoms with Gasteiger partial charge in [0.1, 0.15) is 5.76 Å². The van der Waals surface area contributed by atoms with Crippen molar-refractivity contribution < 1.29 is 4.74 Å². The van der Waals surface area contributed by atoms with Crippen LogP contribution in [-0.2, 0) is 11.2 Å². The number of pyridine rings is 1. The van der Waals surface area contributed by atoms with Gasteiger partial charge in [0.15, 0.2) is 0 Å². The molecule has 2 heterocycles. The van der Waals surface area contributed by atoms with Crippen LogP contribution in [0.25, 0.3) is 16.6 Å². The second-order valence-electron chi connectivity index (χ2n) is 9.46. The van der Waals surface area contributed by atoms with Crippen molar-refractivity contribution in [1.29, 1.82) is 0 Å². The number of anilines is 1. The van der Waals surface area contributed by atoms with Gasteiger partial charge in [0.2, 0.25) is 0 Å². The van der Waals surface area contributed by atoms with Gasteiger partial charge in [-0.25, -0.2) is 4.98 Å². The van der Waals surface area contributed by atoms with Crippen LogP contribution >= 0.6 is 0 Å². The van der Waals surface area contributed by atoms with Crippen LogP contribution in [0.2, 0.25) is 0 Å². The Kier molecular flexibility index (Phi) is 12.4. The van der Waals surface area contributed by atoms with Gasteiger partial charge in [-0.2, -0.15) is 0 Å². The first-order valence-electron chi connectivity index (χ1n) is 14.0. The van der Waals surface area contributed by atoms with Crippen LogP contribution in [-0.4, -0.2) is 28.9 Å². The van der Waals surface area contributed by atoms with Crippen molar-refractivity contribution >= 4 is 28.5 Å². The van der Waals surface area contributed by atoms with Crippen LogP contribution in [0.1, 0.15) is 97.6 Å². The average Bonchev–Trinajstić information content (AvgIpc) is 3.17. The van der Waals surface area contributed by atoms with E-state index in [9.17, 15) is 0 Å². The molecule has 0 aliphatic rings. The van der Waals surface area contributed by atoms with Crippen molar-refractivity contribution in [3.63, 3.8) is 0 Å². The summed E-state index contributed by atoms with van der Waals surface area (Å²) >= 11 is 0. The van der Waals surface area contributed by atoms with E-state index in [1.807, 2.05) is 27.0 Å². The molecule has 1 N–H and O–H groups in total. The maximum absolute atomic E-state index is 5.97. The van der Waals surface area contributed by atoms with E-state index in [-0.39, 0.29) is 0 Å². The van der Waals surface area contributed by atoms with Crippen molar-refractivity contribution in [1.82, 2.24) is 9.55 Å². The molecule has 202 valence electrons. The largest absolute Gasteiger partial charge is 0.498 e. The van der Waals surface area contributed by atoms with E-state index in [0.717, 1.165) is 65.1 Å². The van der Waals surface area contributed by atoms with Gasteiger partial charge in [0, 0.05) is 23.5 Å². The number of nitrogens with zero attached hydrogens (tertiary/aromatic N) is 3. The second kappa shape index (κ2) is 15.2. The van der Waals surface area contributed by atoms with E-state index in [0.29, 0.717) is 19.2 Å². The molecule has 0 spiro atoms. The number of rotatable bonds is 14. The lowest BCUT2D eigenvalue weighted by atomic mass is 10.1. The molecule has 0 bridgehead atoms. The third kappa shape index (κ3) is 7.70. The standard InChI is InChI=1S/C32H48N4O/c1-10-15-17-18-20-27(25(9)37-14-5)28-21-29(34-22-26(33-13-4)19-16-11-2)32-31(35-28)24(8)30(12-3)36(32)23(6)7/h13,15,17-21,23H,10-12,14,16,22H2,1-9H3,(H,34,35)/b17-15+,20-18-,26-19-,27-25-,33-13-. The molecule has 0 amide bonds. The predicted molar refractivity (Wildman–Crippen MR) is 163 cm³/mol.